The molecule has 0 saturated carbocycles. The Hall–Kier alpha value is -2.76. The van der Waals surface area contributed by atoms with Crippen molar-refractivity contribution in [3.8, 4) is 37.0 Å². The van der Waals surface area contributed by atoms with Gasteiger partial charge in [0.1, 0.15) is 12.3 Å². The van der Waals surface area contributed by atoms with Gasteiger partial charge in [0, 0.05) is 7.11 Å². The molecule has 0 aromatic rings. The van der Waals surface area contributed by atoms with Crippen molar-refractivity contribution in [1.29, 1.82) is 0 Å². The second-order valence-electron chi connectivity index (χ2n) is 4.64. The fourth-order valence-corrected chi connectivity index (χ4v) is 2.52. The van der Waals surface area contributed by atoms with Crippen LogP contribution in [0.1, 0.15) is 6.42 Å². The lowest BCUT2D eigenvalue weighted by Crippen LogP contribution is -2.40. The molecule has 0 spiro atoms. The number of esters is 3. The van der Waals surface area contributed by atoms with E-state index >= 15 is 0 Å². The van der Waals surface area contributed by atoms with Crippen LogP contribution in [-0.4, -0.2) is 57.3 Å². The van der Waals surface area contributed by atoms with Gasteiger partial charge in [-0.15, -0.1) is 19.3 Å². The molecule has 0 fully saturated rings. The molecule has 0 aromatic heterocycles. The van der Waals surface area contributed by atoms with Crippen molar-refractivity contribution in [3.05, 3.63) is 0 Å². The van der Waals surface area contributed by atoms with Crippen LogP contribution in [0.25, 0.3) is 0 Å². The Morgan fingerprint density at radius 1 is 0.926 bits per heavy atom. The summed E-state index contributed by atoms with van der Waals surface area (Å²) in [7, 11) is -1.66. The molecular weight excluding hydrogens is 379 g/mol. The van der Waals surface area contributed by atoms with Crippen LogP contribution < -0.4 is 0 Å². The zero-order valence-electron chi connectivity index (χ0n) is 14.6. The van der Waals surface area contributed by atoms with Crippen molar-refractivity contribution in [2.75, 3.05) is 33.3 Å². The van der Waals surface area contributed by atoms with Crippen molar-refractivity contribution in [1.82, 2.24) is 0 Å². The third-order valence-corrected chi connectivity index (χ3v) is 3.76. The van der Waals surface area contributed by atoms with Crippen LogP contribution in [0.2, 0.25) is 0 Å². The lowest BCUT2D eigenvalue weighted by atomic mass is 9.98. The third kappa shape index (κ3) is 10.1. The van der Waals surface area contributed by atoms with Gasteiger partial charge in [-0.3, -0.25) is 14.2 Å². The van der Waals surface area contributed by atoms with E-state index in [0.717, 1.165) is 0 Å². The summed E-state index contributed by atoms with van der Waals surface area (Å²) >= 11 is 0. The summed E-state index contributed by atoms with van der Waals surface area (Å²) in [5, 5.41) is 0. The quantitative estimate of drug-likeness (QED) is 0.194. The molecule has 0 aliphatic carbocycles. The van der Waals surface area contributed by atoms with E-state index in [2.05, 4.69) is 27.2 Å². The maximum absolute atomic E-state index is 12.3. The fraction of sp³-hybridized carbons (Fsp3) is 0.471. The largest absolute Gasteiger partial charge is 0.452 e. The molecule has 3 unspecified atom stereocenters. The van der Waals surface area contributed by atoms with E-state index in [1.807, 2.05) is 0 Å². The van der Waals surface area contributed by atoms with Gasteiger partial charge in [-0.1, -0.05) is 17.8 Å². The number of rotatable bonds is 12. The predicted molar refractivity (Wildman–Crippen MR) is 93.2 cm³/mol. The summed E-state index contributed by atoms with van der Waals surface area (Å²) in [5.41, 5.74) is 0. The molecule has 146 valence electrons. The molecule has 0 saturated heterocycles. The molecular formula is C17H19O9P. The van der Waals surface area contributed by atoms with Gasteiger partial charge >= 0.3 is 17.9 Å². The summed E-state index contributed by atoms with van der Waals surface area (Å²) in [5.74, 6) is 1.54. The van der Waals surface area contributed by atoms with E-state index < -0.39 is 57.6 Å². The molecule has 0 N–H and O–H groups in total. The minimum atomic E-state index is -2.92. The maximum Gasteiger partial charge on any atom is 0.337 e. The first-order valence-corrected chi connectivity index (χ1v) is 8.91. The number of methoxy groups -OCH3 is 1. The molecule has 0 amide bonds. The molecule has 0 bridgehead atoms. The molecule has 0 radical (unpaired) electrons. The Balaban J connectivity index is 5.58. The monoisotopic (exact) mass is 398 g/mol. The average Bonchev–Trinajstić information content (AvgIpc) is 2.65. The summed E-state index contributed by atoms with van der Waals surface area (Å²) in [4.78, 5) is 36.3. The van der Waals surface area contributed by atoms with E-state index in [9.17, 15) is 18.9 Å². The average molecular weight is 398 g/mol. The Morgan fingerprint density at radius 3 is 1.96 bits per heavy atom. The molecule has 27 heavy (non-hydrogen) atoms. The zero-order chi connectivity index (χ0) is 20.7. The maximum atomic E-state index is 12.3. The number of carbonyl (C=O) groups excluding carboxylic acids is 3. The van der Waals surface area contributed by atoms with Crippen LogP contribution in [0.4, 0.5) is 0 Å². The smallest absolute Gasteiger partial charge is 0.337 e. The minimum Gasteiger partial charge on any atom is -0.452 e. The van der Waals surface area contributed by atoms with Crippen LogP contribution >= 0.6 is 8.03 Å². The predicted octanol–water partition coefficient (Wildman–Crippen LogP) is -0.0143. The first kappa shape index (κ1) is 24.2. The van der Waals surface area contributed by atoms with E-state index in [0.29, 0.717) is 0 Å². The van der Waals surface area contributed by atoms with Crippen LogP contribution in [0.5, 0.6) is 0 Å². The second-order valence-corrected chi connectivity index (χ2v) is 5.91. The van der Waals surface area contributed by atoms with Crippen molar-refractivity contribution < 1.29 is 42.4 Å². The summed E-state index contributed by atoms with van der Waals surface area (Å²) in [6.07, 6.45) is 12.3. The topological polar surface area (TPSA) is 114 Å². The Labute approximate surface area is 157 Å². The molecule has 0 aromatic carbocycles. The highest BCUT2D eigenvalue weighted by Crippen LogP contribution is 2.30. The molecule has 0 heterocycles. The number of hydrogen-bond donors (Lipinski definition) is 0. The number of carbonyl (C=O) groups is 3. The number of hydrogen-bond acceptors (Lipinski definition) is 9. The highest BCUT2D eigenvalue weighted by molar-refractivity contribution is 7.38. The molecule has 0 aliphatic heterocycles. The van der Waals surface area contributed by atoms with Gasteiger partial charge < -0.3 is 23.5 Å². The van der Waals surface area contributed by atoms with Crippen molar-refractivity contribution >= 4 is 25.9 Å². The van der Waals surface area contributed by atoms with Gasteiger partial charge in [0.25, 0.3) is 0 Å². The van der Waals surface area contributed by atoms with E-state index in [4.69, 9.17) is 33.3 Å². The van der Waals surface area contributed by atoms with Gasteiger partial charge in [-0.25, -0.2) is 4.79 Å². The Morgan fingerprint density at radius 2 is 1.44 bits per heavy atom. The molecule has 9 nitrogen and oxygen atoms in total. The van der Waals surface area contributed by atoms with Gasteiger partial charge in [-0.2, -0.15) is 0 Å². The van der Waals surface area contributed by atoms with Crippen LogP contribution in [0, 0.1) is 42.9 Å². The van der Waals surface area contributed by atoms with E-state index in [1.54, 1.807) is 0 Å². The fourth-order valence-electron chi connectivity index (χ4n) is 1.68. The standard InChI is InChI=1S/C17H19O9P/c1-5-8-23-14(18)11-13(16(19)24-9-6-2)15(17(20)25-10-7-3)26-27(21)12-22-4/h1-3,13,15,27H,8-12H2,4H3. The minimum absolute atomic E-state index is 0.336. The molecule has 0 aliphatic rings. The van der Waals surface area contributed by atoms with Crippen LogP contribution in [0.15, 0.2) is 0 Å². The second kappa shape index (κ2) is 14.4. The van der Waals surface area contributed by atoms with Gasteiger partial charge in [0.2, 0.25) is 8.03 Å². The normalized spacial score (nSPS) is 13.0. The van der Waals surface area contributed by atoms with Crippen LogP contribution in [0.3, 0.4) is 0 Å². The van der Waals surface area contributed by atoms with Gasteiger partial charge in [0.15, 0.2) is 25.9 Å². The number of terminal acetylenes is 3. The van der Waals surface area contributed by atoms with Gasteiger partial charge in [0.05, 0.1) is 6.42 Å². The summed E-state index contributed by atoms with van der Waals surface area (Å²) < 4.78 is 35.8. The zero-order valence-corrected chi connectivity index (χ0v) is 15.6. The third-order valence-electron chi connectivity index (χ3n) is 2.72. The molecule has 10 heteroatoms. The molecule has 0 rings (SSSR count). The first-order valence-electron chi connectivity index (χ1n) is 7.38. The Bertz CT molecular complexity index is 665. The highest BCUT2D eigenvalue weighted by Gasteiger charge is 2.40. The van der Waals surface area contributed by atoms with E-state index in [1.165, 1.54) is 7.11 Å². The first-order chi connectivity index (χ1) is 12.9. The van der Waals surface area contributed by atoms with Crippen molar-refractivity contribution in [3.63, 3.8) is 0 Å². The summed E-state index contributed by atoms with van der Waals surface area (Å²) in [6.45, 7) is -1.20. The number of ether oxygens (including phenoxy) is 4. The van der Waals surface area contributed by atoms with E-state index in [-0.39, 0.29) is 13.0 Å². The molecule has 3 atom stereocenters. The summed E-state index contributed by atoms with van der Waals surface area (Å²) in [6, 6.07) is 0. The lowest BCUT2D eigenvalue weighted by Gasteiger charge is -2.23. The SMILES string of the molecule is C#CCOC(=O)CC(C(=O)OCC#C)C(O[PH](=O)COC)C(=O)OCC#C. The Kier molecular flexibility index (Phi) is 12.9. The van der Waals surface area contributed by atoms with Gasteiger partial charge in [-0.05, 0) is 0 Å². The van der Waals surface area contributed by atoms with Crippen LogP contribution in [-0.2, 0) is 42.4 Å². The van der Waals surface area contributed by atoms with Crippen molar-refractivity contribution in [2.45, 2.75) is 12.5 Å². The highest BCUT2D eigenvalue weighted by atomic mass is 31.1. The lowest BCUT2D eigenvalue weighted by molar-refractivity contribution is -0.166. The van der Waals surface area contributed by atoms with Crippen molar-refractivity contribution in [2.24, 2.45) is 5.92 Å².